The summed E-state index contributed by atoms with van der Waals surface area (Å²) in [6.45, 7) is 0. The lowest BCUT2D eigenvalue weighted by Gasteiger charge is -2.06. The first-order valence-corrected chi connectivity index (χ1v) is 6.27. The van der Waals surface area contributed by atoms with Gasteiger partial charge in [0.15, 0.2) is 0 Å². The highest BCUT2D eigenvalue weighted by atomic mass is 79.9. The van der Waals surface area contributed by atoms with Gasteiger partial charge < -0.3 is 5.11 Å². The second kappa shape index (κ2) is 4.50. The van der Waals surface area contributed by atoms with Crippen molar-refractivity contribution in [3.05, 3.63) is 20.8 Å². The van der Waals surface area contributed by atoms with E-state index in [0.717, 1.165) is 15.8 Å². The van der Waals surface area contributed by atoms with Crippen molar-refractivity contribution in [3.63, 3.8) is 0 Å². The number of rotatable bonds is 3. The van der Waals surface area contributed by atoms with Gasteiger partial charge in [0.1, 0.15) is 0 Å². The highest BCUT2D eigenvalue weighted by molar-refractivity contribution is 9.10. The minimum atomic E-state index is -0.328. The van der Waals surface area contributed by atoms with Gasteiger partial charge in [-0.25, -0.2) is 0 Å². The molecular formula is C7H9BrOS2. The van der Waals surface area contributed by atoms with Gasteiger partial charge in [0, 0.05) is 21.2 Å². The molecule has 0 fully saturated rings. The monoisotopic (exact) mass is 252 g/mol. The lowest BCUT2D eigenvalue weighted by molar-refractivity contribution is 0.204. The summed E-state index contributed by atoms with van der Waals surface area (Å²) in [5.41, 5.74) is 1.00. The fourth-order valence-electron chi connectivity index (χ4n) is 0.777. The van der Waals surface area contributed by atoms with Crippen LogP contribution < -0.4 is 0 Å². The molecule has 0 bridgehead atoms. The summed E-state index contributed by atoms with van der Waals surface area (Å²) in [4.78, 5) is 0. The van der Waals surface area contributed by atoms with Crippen molar-refractivity contribution in [2.45, 2.75) is 6.10 Å². The van der Waals surface area contributed by atoms with Crippen LogP contribution in [0.1, 0.15) is 11.7 Å². The molecule has 1 rings (SSSR count). The molecule has 1 aromatic rings. The molecule has 1 aromatic heterocycles. The van der Waals surface area contributed by atoms with E-state index in [2.05, 4.69) is 15.9 Å². The van der Waals surface area contributed by atoms with Crippen LogP contribution in [0.15, 0.2) is 15.2 Å². The van der Waals surface area contributed by atoms with Gasteiger partial charge >= 0.3 is 0 Å². The van der Waals surface area contributed by atoms with E-state index in [1.165, 1.54) is 0 Å². The molecule has 4 heteroatoms. The maximum Gasteiger partial charge on any atom is 0.0899 e. The number of halogens is 1. The van der Waals surface area contributed by atoms with E-state index in [1.807, 2.05) is 17.0 Å². The largest absolute Gasteiger partial charge is 0.387 e. The van der Waals surface area contributed by atoms with Crippen LogP contribution in [0.2, 0.25) is 0 Å². The third kappa shape index (κ3) is 2.47. The standard InChI is InChI=1S/C7H9BrOS2/c1-10-4-7(9)5-2-11-3-6(5)8/h2-3,7,9H,4H2,1H3. The fraction of sp³-hybridized carbons (Fsp3) is 0.429. The van der Waals surface area contributed by atoms with Crippen LogP contribution in [-0.2, 0) is 0 Å². The Morgan fingerprint density at radius 2 is 2.45 bits per heavy atom. The predicted molar refractivity (Wildman–Crippen MR) is 55.4 cm³/mol. The average molecular weight is 253 g/mol. The SMILES string of the molecule is CSCC(O)c1cscc1Br. The van der Waals surface area contributed by atoms with Gasteiger partial charge in [-0.2, -0.15) is 23.1 Å². The summed E-state index contributed by atoms with van der Waals surface area (Å²) in [5.74, 6) is 0.759. The normalized spacial score (nSPS) is 13.4. The summed E-state index contributed by atoms with van der Waals surface area (Å²) >= 11 is 6.63. The first kappa shape index (κ1) is 9.58. The van der Waals surface area contributed by atoms with Crippen molar-refractivity contribution in [2.75, 3.05) is 12.0 Å². The molecule has 1 atom stereocenters. The fourth-order valence-corrected chi connectivity index (χ4v) is 2.88. The second-order valence-corrected chi connectivity index (χ2v) is 4.65. The average Bonchev–Trinajstić information content (AvgIpc) is 2.36. The lowest BCUT2D eigenvalue weighted by atomic mass is 10.2. The number of aliphatic hydroxyl groups is 1. The highest BCUT2D eigenvalue weighted by Crippen LogP contribution is 2.28. The van der Waals surface area contributed by atoms with Gasteiger partial charge in [0.05, 0.1) is 6.10 Å². The Balaban J connectivity index is 2.67. The van der Waals surface area contributed by atoms with Gasteiger partial charge in [0.25, 0.3) is 0 Å². The summed E-state index contributed by atoms with van der Waals surface area (Å²) in [6.07, 6.45) is 1.66. The highest BCUT2D eigenvalue weighted by Gasteiger charge is 2.10. The molecule has 0 aliphatic rings. The molecule has 0 aliphatic carbocycles. The van der Waals surface area contributed by atoms with E-state index in [1.54, 1.807) is 23.1 Å². The zero-order valence-corrected chi connectivity index (χ0v) is 9.30. The minimum absolute atomic E-state index is 0.328. The quantitative estimate of drug-likeness (QED) is 0.893. The van der Waals surface area contributed by atoms with Crippen molar-refractivity contribution in [3.8, 4) is 0 Å². The number of thiophene rings is 1. The first-order valence-electron chi connectivity index (χ1n) is 3.14. The number of hydrogen-bond donors (Lipinski definition) is 1. The van der Waals surface area contributed by atoms with E-state index < -0.39 is 0 Å². The Bertz CT molecular complexity index is 224. The Labute approximate surface area is 83.0 Å². The molecule has 11 heavy (non-hydrogen) atoms. The van der Waals surface area contributed by atoms with Gasteiger partial charge in [0.2, 0.25) is 0 Å². The Hall–Kier alpha value is 0.490. The van der Waals surface area contributed by atoms with Crippen LogP contribution in [0.4, 0.5) is 0 Å². The smallest absolute Gasteiger partial charge is 0.0899 e. The molecular weight excluding hydrogens is 244 g/mol. The van der Waals surface area contributed by atoms with Crippen LogP contribution in [0, 0.1) is 0 Å². The number of aliphatic hydroxyl groups excluding tert-OH is 1. The van der Waals surface area contributed by atoms with Crippen molar-refractivity contribution < 1.29 is 5.11 Å². The van der Waals surface area contributed by atoms with Gasteiger partial charge in [-0.3, -0.25) is 0 Å². The van der Waals surface area contributed by atoms with Crippen LogP contribution in [-0.4, -0.2) is 17.1 Å². The van der Waals surface area contributed by atoms with Crippen molar-refractivity contribution >= 4 is 39.0 Å². The number of thioether (sulfide) groups is 1. The van der Waals surface area contributed by atoms with Gasteiger partial charge in [-0.05, 0) is 27.6 Å². The molecule has 0 saturated carbocycles. The minimum Gasteiger partial charge on any atom is -0.387 e. The van der Waals surface area contributed by atoms with Crippen molar-refractivity contribution in [2.24, 2.45) is 0 Å². The zero-order valence-electron chi connectivity index (χ0n) is 6.08. The number of hydrogen-bond acceptors (Lipinski definition) is 3. The van der Waals surface area contributed by atoms with E-state index in [9.17, 15) is 5.11 Å². The first-order chi connectivity index (χ1) is 5.25. The molecule has 1 nitrogen and oxygen atoms in total. The van der Waals surface area contributed by atoms with E-state index in [4.69, 9.17) is 0 Å². The van der Waals surface area contributed by atoms with E-state index >= 15 is 0 Å². The summed E-state index contributed by atoms with van der Waals surface area (Å²) in [7, 11) is 0. The van der Waals surface area contributed by atoms with Crippen LogP contribution in [0.25, 0.3) is 0 Å². The molecule has 62 valence electrons. The van der Waals surface area contributed by atoms with Crippen molar-refractivity contribution in [1.82, 2.24) is 0 Å². The Morgan fingerprint density at radius 1 is 1.73 bits per heavy atom. The molecule has 0 radical (unpaired) electrons. The summed E-state index contributed by atoms with van der Waals surface area (Å²) in [5, 5.41) is 13.5. The molecule has 0 aromatic carbocycles. The van der Waals surface area contributed by atoms with Crippen molar-refractivity contribution in [1.29, 1.82) is 0 Å². The molecule has 0 amide bonds. The predicted octanol–water partition coefficient (Wildman–Crippen LogP) is 2.91. The molecule has 1 heterocycles. The van der Waals surface area contributed by atoms with Gasteiger partial charge in [-0.1, -0.05) is 0 Å². The van der Waals surface area contributed by atoms with Crippen LogP contribution in [0.5, 0.6) is 0 Å². The Kier molecular flexibility index (Phi) is 3.92. The maximum atomic E-state index is 9.55. The zero-order chi connectivity index (χ0) is 8.27. The Morgan fingerprint density at radius 3 is 2.91 bits per heavy atom. The topological polar surface area (TPSA) is 20.2 Å². The third-order valence-corrected chi connectivity index (χ3v) is 3.73. The molecule has 0 spiro atoms. The molecule has 0 saturated heterocycles. The van der Waals surface area contributed by atoms with Crippen LogP contribution in [0.3, 0.4) is 0 Å². The summed E-state index contributed by atoms with van der Waals surface area (Å²) < 4.78 is 1.02. The third-order valence-electron chi connectivity index (χ3n) is 1.33. The van der Waals surface area contributed by atoms with Gasteiger partial charge in [-0.15, -0.1) is 0 Å². The second-order valence-electron chi connectivity index (χ2n) is 2.15. The maximum absolute atomic E-state index is 9.55. The molecule has 0 aliphatic heterocycles. The van der Waals surface area contributed by atoms with E-state index in [0.29, 0.717) is 0 Å². The molecule has 1 unspecified atom stereocenters. The molecule has 1 N–H and O–H groups in total. The van der Waals surface area contributed by atoms with Crippen LogP contribution >= 0.6 is 39.0 Å². The summed E-state index contributed by atoms with van der Waals surface area (Å²) in [6, 6.07) is 0. The van der Waals surface area contributed by atoms with E-state index in [-0.39, 0.29) is 6.10 Å². The lowest BCUT2D eigenvalue weighted by Crippen LogP contribution is -1.98.